The monoisotopic (exact) mass is 426 g/mol. The highest BCUT2D eigenvalue weighted by molar-refractivity contribution is 9.10. The van der Waals surface area contributed by atoms with Gasteiger partial charge in [0.25, 0.3) is 0 Å². The van der Waals surface area contributed by atoms with E-state index in [1.54, 1.807) is 30.3 Å². The van der Waals surface area contributed by atoms with Crippen molar-refractivity contribution in [2.75, 3.05) is 11.9 Å². The quantitative estimate of drug-likeness (QED) is 0.362. The van der Waals surface area contributed by atoms with Crippen LogP contribution in [0.1, 0.15) is 15.9 Å². The van der Waals surface area contributed by atoms with Crippen LogP contribution in [0.3, 0.4) is 0 Å². The van der Waals surface area contributed by atoms with Crippen molar-refractivity contribution in [3.63, 3.8) is 0 Å². The number of alkyl halides is 1. The third kappa shape index (κ3) is 4.52. The van der Waals surface area contributed by atoms with Crippen LogP contribution >= 0.6 is 31.9 Å². The van der Waals surface area contributed by atoms with Crippen molar-refractivity contribution in [2.24, 2.45) is 0 Å². The number of carbonyl (C=O) groups excluding carboxylic acids is 1. The topological polar surface area (TPSA) is 26.3 Å². The lowest BCUT2D eigenvalue weighted by atomic mass is 10.0. The van der Waals surface area contributed by atoms with Gasteiger partial charge in [-0.05, 0) is 36.4 Å². The van der Waals surface area contributed by atoms with E-state index >= 15 is 0 Å². The molecule has 0 N–H and O–H groups in total. The maximum Gasteiger partial charge on any atom is 0.195 e. The summed E-state index contributed by atoms with van der Waals surface area (Å²) in [6.07, 6.45) is 3.72. The van der Waals surface area contributed by atoms with Gasteiger partial charge in [0, 0.05) is 21.4 Å². The van der Waals surface area contributed by atoms with Crippen LogP contribution in [-0.2, 0) is 0 Å². The molecule has 5 heteroatoms. The fourth-order valence-electron chi connectivity index (χ4n) is 1.80. The smallest absolute Gasteiger partial charge is 0.195 e. The largest absolute Gasteiger partial charge is 0.489 e. The molecule has 2 aromatic rings. The second-order valence-electron chi connectivity index (χ2n) is 4.41. The van der Waals surface area contributed by atoms with Gasteiger partial charge in [0.1, 0.15) is 18.2 Å². The highest BCUT2D eigenvalue weighted by Gasteiger charge is 2.14. The molecule has 0 amide bonds. The lowest BCUT2D eigenvalue weighted by Gasteiger charge is -2.07. The fourth-order valence-corrected chi connectivity index (χ4v) is 2.33. The van der Waals surface area contributed by atoms with Crippen molar-refractivity contribution < 1.29 is 13.9 Å². The molecular formula is C17H13Br2FO2. The SMILES string of the molecule is O=C(c1ccc(Br)cc1)c1ccc(OCC=CCBr)cc1F. The predicted octanol–water partition coefficient (Wildman–Crippen LogP) is 5.15. The first kappa shape index (κ1) is 16.9. The van der Waals surface area contributed by atoms with Crippen LogP contribution in [0.15, 0.2) is 59.1 Å². The minimum atomic E-state index is -0.588. The Kier molecular flexibility index (Phi) is 6.34. The summed E-state index contributed by atoms with van der Waals surface area (Å²) in [6, 6.07) is 11.1. The number of hydrogen-bond donors (Lipinski definition) is 0. The molecule has 0 fully saturated rings. The lowest BCUT2D eigenvalue weighted by molar-refractivity contribution is 0.103. The van der Waals surface area contributed by atoms with E-state index in [0.29, 0.717) is 17.9 Å². The van der Waals surface area contributed by atoms with Gasteiger partial charge in [-0.3, -0.25) is 4.79 Å². The number of ether oxygens (including phenoxy) is 1. The molecule has 2 aromatic carbocycles. The Morgan fingerprint density at radius 2 is 1.86 bits per heavy atom. The minimum Gasteiger partial charge on any atom is -0.489 e. The van der Waals surface area contributed by atoms with Gasteiger partial charge in [0.2, 0.25) is 0 Å². The van der Waals surface area contributed by atoms with Crippen LogP contribution in [0.5, 0.6) is 5.75 Å². The van der Waals surface area contributed by atoms with E-state index in [1.807, 2.05) is 12.2 Å². The van der Waals surface area contributed by atoms with E-state index in [9.17, 15) is 9.18 Å². The average molecular weight is 428 g/mol. The first-order valence-corrected chi connectivity index (χ1v) is 8.47. The predicted molar refractivity (Wildman–Crippen MR) is 92.4 cm³/mol. The van der Waals surface area contributed by atoms with Gasteiger partial charge >= 0.3 is 0 Å². The van der Waals surface area contributed by atoms with E-state index in [4.69, 9.17) is 4.74 Å². The van der Waals surface area contributed by atoms with Crippen LogP contribution in [-0.4, -0.2) is 17.7 Å². The maximum absolute atomic E-state index is 14.1. The summed E-state index contributed by atoms with van der Waals surface area (Å²) in [4.78, 5) is 12.3. The van der Waals surface area contributed by atoms with Crippen LogP contribution in [0, 0.1) is 5.82 Å². The van der Waals surface area contributed by atoms with E-state index in [-0.39, 0.29) is 11.3 Å². The van der Waals surface area contributed by atoms with Gasteiger partial charge in [-0.15, -0.1) is 0 Å². The van der Waals surface area contributed by atoms with E-state index in [0.717, 1.165) is 9.80 Å². The molecule has 114 valence electrons. The first-order valence-electron chi connectivity index (χ1n) is 6.55. The first-order chi connectivity index (χ1) is 10.6. The molecule has 0 heterocycles. The minimum absolute atomic E-state index is 0.0330. The summed E-state index contributed by atoms with van der Waals surface area (Å²) >= 11 is 6.56. The van der Waals surface area contributed by atoms with Gasteiger partial charge in [0.05, 0.1) is 5.56 Å². The Morgan fingerprint density at radius 1 is 1.14 bits per heavy atom. The van der Waals surface area contributed by atoms with Crippen LogP contribution in [0.4, 0.5) is 4.39 Å². The maximum atomic E-state index is 14.1. The molecule has 22 heavy (non-hydrogen) atoms. The Hall–Kier alpha value is -1.46. The van der Waals surface area contributed by atoms with Gasteiger partial charge in [-0.1, -0.05) is 44.0 Å². The lowest BCUT2D eigenvalue weighted by Crippen LogP contribution is -2.05. The molecule has 0 aliphatic rings. The Bertz CT molecular complexity index is 682. The zero-order valence-corrected chi connectivity index (χ0v) is 14.7. The molecule has 0 radical (unpaired) electrons. The van der Waals surface area contributed by atoms with E-state index in [2.05, 4.69) is 31.9 Å². The summed E-state index contributed by atoms with van der Waals surface area (Å²) in [5, 5.41) is 0.741. The van der Waals surface area contributed by atoms with Crippen LogP contribution in [0.2, 0.25) is 0 Å². The molecule has 0 saturated carbocycles. The molecule has 0 aliphatic carbocycles. The molecule has 0 atom stereocenters. The Balaban J connectivity index is 2.13. The summed E-state index contributed by atoms with van der Waals surface area (Å²) in [5.41, 5.74) is 0.474. The second-order valence-corrected chi connectivity index (χ2v) is 5.98. The van der Waals surface area contributed by atoms with Crippen molar-refractivity contribution in [3.05, 3.63) is 76.0 Å². The van der Waals surface area contributed by atoms with E-state index in [1.165, 1.54) is 12.1 Å². The molecule has 2 nitrogen and oxygen atoms in total. The van der Waals surface area contributed by atoms with Crippen LogP contribution < -0.4 is 4.74 Å². The summed E-state index contributed by atoms with van der Waals surface area (Å²) in [6.45, 7) is 0.352. The normalized spacial score (nSPS) is 10.9. The Morgan fingerprint density at radius 3 is 2.50 bits per heavy atom. The molecule has 0 saturated heterocycles. The van der Waals surface area contributed by atoms with Crippen molar-refractivity contribution in [1.82, 2.24) is 0 Å². The molecule has 0 unspecified atom stereocenters. The number of hydrogen-bond acceptors (Lipinski definition) is 2. The zero-order valence-electron chi connectivity index (χ0n) is 11.6. The molecule has 2 rings (SSSR count). The molecule has 0 bridgehead atoms. The van der Waals surface area contributed by atoms with Gasteiger partial charge < -0.3 is 4.74 Å². The second kappa shape index (κ2) is 8.25. The standard InChI is InChI=1S/C17H13Br2FO2/c18-9-1-2-10-22-14-7-8-15(16(20)11-14)17(21)12-3-5-13(19)6-4-12/h1-8,11H,9-10H2. The van der Waals surface area contributed by atoms with E-state index < -0.39 is 5.82 Å². The van der Waals surface area contributed by atoms with Gasteiger partial charge in [0.15, 0.2) is 5.78 Å². The average Bonchev–Trinajstić information content (AvgIpc) is 2.52. The van der Waals surface area contributed by atoms with Crippen molar-refractivity contribution in [3.8, 4) is 5.75 Å². The molecular weight excluding hydrogens is 415 g/mol. The number of benzene rings is 2. The zero-order chi connectivity index (χ0) is 15.9. The van der Waals surface area contributed by atoms with Crippen molar-refractivity contribution in [2.45, 2.75) is 0 Å². The van der Waals surface area contributed by atoms with Crippen LogP contribution in [0.25, 0.3) is 0 Å². The van der Waals surface area contributed by atoms with Crippen molar-refractivity contribution >= 4 is 37.6 Å². The number of carbonyl (C=O) groups is 1. The number of ketones is 1. The summed E-state index contributed by atoms with van der Waals surface area (Å²) < 4.78 is 20.4. The van der Waals surface area contributed by atoms with Crippen molar-refractivity contribution in [1.29, 1.82) is 0 Å². The number of rotatable bonds is 6. The third-order valence-corrected chi connectivity index (χ3v) is 3.80. The number of halogens is 3. The molecule has 0 aromatic heterocycles. The fraction of sp³-hybridized carbons (Fsp3) is 0.118. The third-order valence-electron chi connectivity index (χ3n) is 2.89. The highest BCUT2D eigenvalue weighted by Crippen LogP contribution is 2.20. The summed E-state index contributed by atoms with van der Waals surface area (Å²) in [5.74, 6) is -0.547. The van der Waals surface area contributed by atoms with Gasteiger partial charge in [-0.2, -0.15) is 0 Å². The summed E-state index contributed by atoms with van der Waals surface area (Å²) in [7, 11) is 0. The Labute approximate surface area is 145 Å². The van der Waals surface area contributed by atoms with Gasteiger partial charge in [-0.25, -0.2) is 4.39 Å². The highest BCUT2D eigenvalue weighted by atomic mass is 79.9. The molecule has 0 spiro atoms. The number of allylic oxidation sites excluding steroid dienone is 1. The molecule has 0 aliphatic heterocycles.